The lowest BCUT2D eigenvalue weighted by Gasteiger charge is -2.18. The molecule has 0 amide bonds. The van der Waals surface area contributed by atoms with Crippen LogP contribution in [0.15, 0.2) is 167 Å². The van der Waals surface area contributed by atoms with Crippen LogP contribution in [0.4, 0.5) is 0 Å². The lowest BCUT2D eigenvalue weighted by atomic mass is 9.85. The molecule has 0 aliphatic heterocycles. The van der Waals surface area contributed by atoms with Crippen molar-refractivity contribution in [2.24, 2.45) is 0 Å². The van der Waals surface area contributed by atoms with E-state index < -0.39 is 0 Å². The fourth-order valence-corrected chi connectivity index (χ4v) is 8.11. The Hall–Kier alpha value is -6.38. The van der Waals surface area contributed by atoms with Gasteiger partial charge in [-0.05, 0) is 96.4 Å². The van der Waals surface area contributed by atoms with Crippen LogP contribution >= 0.6 is 0 Å². The third-order valence-electron chi connectivity index (χ3n) is 10.2. The Morgan fingerprint density at radius 2 is 0.792 bits per heavy atom. The first-order valence-electron chi connectivity index (χ1n) is 16.4. The summed E-state index contributed by atoms with van der Waals surface area (Å²) in [6.45, 7) is 0. The molecule has 0 aliphatic carbocycles. The maximum Gasteiger partial charge on any atom is 0.143 e. The van der Waals surface area contributed by atoms with Crippen LogP contribution in [0, 0.1) is 0 Å². The molecule has 0 saturated carbocycles. The second-order valence-corrected chi connectivity index (χ2v) is 12.8. The number of hydrogen-bond donors (Lipinski definition) is 0. The van der Waals surface area contributed by atoms with E-state index in [4.69, 9.17) is 8.83 Å². The normalized spacial score (nSPS) is 12.2. The monoisotopic (exact) mass is 610 g/mol. The van der Waals surface area contributed by atoms with Crippen LogP contribution in [0.3, 0.4) is 0 Å². The Morgan fingerprint density at radius 1 is 0.292 bits per heavy atom. The Morgan fingerprint density at radius 3 is 1.50 bits per heavy atom. The van der Waals surface area contributed by atoms with Crippen molar-refractivity contribution in [2.75, 3.05) is 0 Å². The predicted octanol–water partition coefficient (Wildman–Crippen LogP) is 13.4. The summed E-state index contributed by atoms with van der Waals surface area (Å²) in [5.74, 6) is 0. The largest absolute Gasteiger partial charge is 0.456 e. The molecule has 0 unspecified atom stereocenters. The van der Waals surface area contributed by atoms with E-state index >= 15 is 0 Å². The maximum atomic E-state index is 6.64. The van der Waals surface area contributed by atoms with Crippen LogP contribution in [-0.2, 0) is 0 Å². The Balaban J connectivity index is 1.18. The molecule has 2 nitrogen and oxygen atoms in total. The van der Waals surface area contributed by atoms with Gasteiger partial charge < -0.3 is 8.83 Å². The number of hydrogen-bond acceptors (Lipinski definition) is 2. The number of fused-ring (bicyclic) bond motifs is 12. The number of benzene rings is 9. The van der Waals surface area contributed by atoms with Gasteiger partial charge in [0, 0.05) is 26.9 Å². The second kappa shape index (κ2) is 9.57. The maximum absolute atomic E-state index is 6.64. The van der Waals surface area contributed by atoms with E-state index in [0.717, 1.165) is 54.8 Å². The van der Waals surface area contributed by atoms with Crippen molar-refractivity contribution < 1.29 is 8.83 Å². The summed E-state index contributed by atoms with van der Waals surface area (Å²) in [6, 6.07) is 56.6. The zero-order chi connectivity index (χ0) is 31.3. The Kier molecular flexibility index (Phi) is 5.14. The number of rotatable bonds is 2. The van der Waals surface area contributed by atoms with E-state index in [1.165, 1.54) is 54.4 Å². The van der Waals surface area contributed by atoms with Gasteiger partial charge in [-0.25, -0.2) is 0 Å². The average molecular weight is 611 g/mol. The quantitative estimate of drug-likeness (QED) is 0.182. The summed E-state index contributed by atoms with van der Waals surface area (Å²) >= 11 is 0. The SMILES string of the molecule is c1ccc2cc(-c3c4ccccc4c(-c4ccc5c(c4)oc4ccc6oc7c8ccccc8ccc7c6c45)c4ccccc34)ccc2c1. The lowest BCUT2D eigenvalue weighted by Crippen LogP contribution is -1.91. The van der Waals surface area contributed by atoms with E-state index in [2.05, 4.69) is 146 Å². The van der Waals surface area contributed by atoms with Gasteiger partial charge in [0.15, 0.2) is 0 Å². The fourth-order valence-electron chi connectivity index (χ4n) is 8.11. The molecule has 222 valence electrons. The highest BCUT2D eigenvalue weighted by Crippen LogP contribution is 2.46. The summed E-state index contributed by atoms with van der Waals surface area (Å²) in [5.41, 5.74) is 8.39. The smallest absolute Gasteiger partial charge is 0.143 e. The van der Waals surface area contributed by atoms with Gasteiger partial charge in [-0.15, -0.1) is 0 Å². The minimum atomic E-state index is 0.867. The topological polar surface area (TPSA) is 26.3 Å². The highest BCUT2D eigenvalue weighted by molar-refractivity contribution is 6.29. The molecule has 0 fully saturated rings. The van der Waals surface area contributed by atoms with Gasteiger partial charge in [0.05, 0.1) is 0 Å². The molecule has 0 spiro atoms. The first kappa shape index (κ1) is 25.8. The highest BCUT2D eigenvalue weighted by Gasteiger charge is 2.20. The molecular weight excluding hydrogens is 585 g/mol. The van der Waals surface area contributed by atoms with Gasteiger partial charge in [0.2, 0.25) is 0 Å². The van der Waals surface area contributed by atoms with E-state index in [1.807, 2.05) is 12.1 Å². The van der Waals surface area contributed by atoms with Crippen LogP contribution in [0.1, 0.15) is 0 Å². The van der Waals surface area contributed by atoms with E-state index in [-0.39, 0.29) is 0 Å². The van der Waals surface area contributed by atoms with E-state index in [0.29, 0.717) is 0 Å². The molecule has 0 saturated heterocycles. The predicted molar refractivity (Wildman–Crippen MR) is 202 cm³/mol. The van der Waals surface area contributed by atoms with Crippen LogP contribution in [0.5, 0.6) is 0 Å². The highest BCUT2D eigenvalue weighted by atomic mass is 16.3. The first-order valence-corrected chi connectivity index (χ1v) is 16.4. The summed E-state index contributed by atoms with van der Waals surface area (Å²) in [6.07, 6.45) is 0. The summed E-state index contributed by atoms with van der Waals surface area (Å²) < 4.78 is 13.2. The van der Waals surface area contributed by atoms with Gasteiger partial charge in [-0.2, -0.15) is 0 Å². The van der Waals surface area contributed by atoms with Crippen LogP contribution < -0.4 is 0 Å². The standard InChI is InChI=1S/C46H26O2/c1-2-11-29-25-30(18-17-27(29)9-1)42-33-13-5-7-15-35(33)43(36-16-8-6-14-34(36)42)31-20-21-37-41(26-31)47-39-23-24-40-45(44(37)39)38-22-19-28-10-3-4-12-32(28)46(38)48-40/h1-26H. The Bertz CT molecular complexity index is 3060. The molecule has 0 atom stereocenters. The molecule has 11 aromatic rings. The zero-order valence-electron chi connectivity index (χ0n) is 25.8. The fraction of sp³-hybridized carbons (Fsp3) is 0. The minimum absolute atomic E-state index is 0.867. The van der Waals surface area contributed by atoms with E-state index in [9.17, 15) is 0 Å². The average Bonchev–Trinajstić information content (AvgIpc) is 3.71. The van der Waals surface area contributed by atoms with Gasteiger partial charge in [0.25, 0.3) is 0 Å². The van der Waals surface area contributed by atoms with Crippen LogP contribution in [0.2, 0.25) is 0 Å². The zero-order valence-corrected chi connectivity index (χ0v) is 25.8. The second-order valence-electron chi connectivity index (χ2n) is 12.8. The molecule has 9 aromatic carbocycles. The molecular formula is C46H26O2. The summed E-state index contributed by atoms with van der Waals surface area (Å²) in [7, 11) is 0. The summed E-state index contributed by atoms with van der Waals surface area (Å²) in [4.78, 5) is 0. The van der Waals surface area contributed by atoms with Crippen molar-refractivity contribution in [3.8, 4) is 22.3 Å². The molecule has 0 aliphatic rings. The van der Waals surface area contributed by atoms with E-state index in [1.54, 1.807) is 0 Å². The number of furan rings is 2. The lowest BCUT2D eigenvalue weighted by molar-refractivity contribution is 0.664. The minimum Gasteiger partial charge on any atom is -0.456 e. The van der Waals surface area contributed by atoms with Crippen molar-refractivity contribution in [1.82, 2.24) is 0 Å². The molecule has 48 heavy (non-hydrogen) atoms. The third-order valence-corrected chi connectivity index (χ3v) is 10.2. The van der Waals surface area contributed by atoms with Crippen molar-refractivity contribution in [3.63, 3.8) is 0 Å². The van der Waals surface area contributed by atoms with Gasteiger partial charge in [0.1, 0.15) is 22.3 Å². The molecule has 2 heteroatoms. The Labute approximate surface area is 275 Å². The van der Waals surface area contributed by atoms with Crippen LogP contribution in [-0.4, -0.2) is 0 Å². The molecule has 0 bridgehead atoms. The molecule has 11 rings (SSSR count). The molecule has 0 N–H and O–H groups in total. The molecule has 0 radical (unpaired) electrons. The summed E-state index contributed by atoms with van der Waals surface area (Å²) in [5, 5.41) is 14.1. The van der Waals surface area contributed by atoms with Crippen molar-refractivity contribution in [1.29, 1.82) is 0 Å². The van der Waals surface area contributed by atoms with Gasteiger partial charge >= 0.3 is 0 Å². The van der Waals surface area contributed by atoms with Crippen molar-refractivity contribution >= 4 is 87.0 Å². The molecule has 2 heterocycles. The van der Waals surface area contributed by atoms with Crippen LogP contribution in [0.25, 0.3) is 109 Å². The first-order chi connectivity index (χ1) is 23.8. The van der Waals surface area contributed by atoms with Gasteiger partial charge in [-0.1, -0.05) is 121 Å². The van der Waals surface area contributed by atoms with Crippen molar-refractivity contribution in [3.05, 3.63) is 158 Å². The molecule has 2 aromatic heterocycles. The van der Waals surface area contributed by atoms with Crippen molar-refractivity contribution in [2.45, 2.75) is 0 Å². The third kappa shape index (κ3) is 3.52. The van der Waals surface area contributed by atoms with Gasteiger partial charge in [-0.3, -0.25) is 0 Å².